The predicted octanol–water partition coefficient (Wildman–Crippen LogP) is 1.30. The molecule has 2 fully saturated rings. The van der Waals surface area contributed by atoms with Gasteiger partial charge >= 0.3 is 5.97 Å². The topological polar surface area (TPSA) is 123 Å². The van der Waals surface area contributed by atoms with Crippen molar-refractivity contribution in [1.29, 1.82) is 0 Å². The Kier molecular flexibility index (Phi) is 7.70. The average Bonchev–Trinajstić information content (AvgIpc) is 3.42. The van der Waals surface area contributed by atoms with E-state index in [1.54, 1.807) is 36.1 Å². The summed E-state index contributed by atoms with van der Waals surface area (Å²) < 4.78 is 15.8. The van der Waals surface area contributed by atoms with Crippen LogP contribution in [0, 0.1) is 0 Å². The number of cyclic esters (lactones) is 1. The largest absolute Gasteiger partial charge is 0.497 e. The molecule has 3 aliphatic rings. The number of carbonyl (C=O) groups excluding carboxylic acids is 4. The summed E-state index contributed by atoms with van der Waals surface area (Å²) >= 11 is 0. The fourth-order valence-corrected chi connectivity index (χ4v) is 4.85. The number of hydrogen-bond acceptors (Lipinski definition) is 7. The molecular formula is C25H31N3O7. The zero-order valence-corrected chi connectivity index (χ0v) is 19.9. The van der Waals surface area contributed by atoms with Crippen LogP contribution in [-0.4, -0.2) is 72.8 Å². The molecule has 10 nitrogen and oxygen atoms in total. The number of rotatable bonds is 7. The van der Waals surface area contributed by atoms with Gasteiger partial charge in [-0.3, -0.25) is 19.2 Å². The molecule has 0 saturated carbocycles. The minimum atomic E-state index is -0.838. The van der Waals surface area contributed by atoms with E-state index in [9.17, 15) is 19.2 Å². The first kappa shape index (κ1) is 24.7. The van der Waals surface area contributed by atoms with E-state index in [1.807, 2.05) is 12.2 Å². The van der Waals surface area contributed by atoms with E-state index in [4.69, 9.17) is 14.2 Å². The van der Waals surface area contributed by atoms with Crippen LogP contribution in [-0.2, 0) is 23.9 Å². The molecule has 5 atom stereocenters. The number of amides is 3. The van der Waals surface area contributed by atoms with Crippen molar-refractivity contribution in [3.8, 4) is 5.75 Å². The van der Waals surface area contributed by atoms with Crippen LogP contribution in [0.15, 0.2) is 36.4 Å². The van der Waals surface area contributed by atoms with Gasteiger partial charge in [0.25, 0.3) is 5.91 Å². The second-order valence-corrected chi connectivity index (χ2v) is 8.83. The fraction of sp³-hybridized carbons (Fsp3) is 0.520. The third kappa shape index (κ3) is 5.48. The highest BCUT2D eigenvalue weighted by molar-refractivity contribution is 5.99. The summed E-state index contributed by atoms with van der Waals surface area (Å²) in [6.45, 7) is 2.11. The van der Waals surface area contributed by atoms with E-state index in [0.29, 0.717) is 43.6 Å². The second kappa shape index (κ2) is 10.9. The SMILES string of the molecule is CCOC1OC(=O)CC1NC(=O)[C@@H]1CC[C@H]2CC=CC[C@H](NC(=O)c3cccc(OC)c3)C(=O)N21. The molecule has 2 unspecified atom stereocenters. The third-order valence-corrected chi connectivity index (χ3v) is 6.56. The molecule has 188 valence electrons. The molecule has 3 heterocycles. The van der Waals surface area contributed by atoms with Crippen LogP contribution in [0.5, 0.6) is 5.75 Å². The first-order chi connectivity index (χ1) is 16.9. The van der Waals surface area contributed by atoms with Gasteiger partial charge in [0, 0.05) is 18.2 Å². The van der Waals surface area contributed by atoms with Gasteiger partial charge in [0.15, 0.2) is 0 Å². The van der Waals surface area contributed by atoms with E-state index in [-0.39, 0.29) is 24.3 Å². The number of methoxy groups -OCH3 is 1. The Hall–Kier alpha value is -3.40. The molecular weight excluding hydrogens is 454 g/mol. The van der Waals surface area contributed by atoms with E-state index < -0.39 is 36.3 Å². The van der Waals surface area contributed by atoms with Crippen molar-refractivity contribution in [2.45, 2.75) is 69.5 Å². The van der Waals surface area contributed by atoms with Gasteiger partial charge in [-0.05, 0) is 50.8 Å². The molecule has 0 aliphatic carbocycles. The quantitative estimate of drug-likeness (QED) is 0.441. The van der Waals surface area contributed by atoms with E-state index in [2.05, 4.69) is 10.6 Å². The lowest BCUT2D eigenvalue weighted by molar-refractivity contribution is -0.164. The lowest BCUT2D eigenvalue weighted by Gasteiger charge is -2.34. The predicted molar refractivity (Wildman–Crippen MR) is 124 cm³/mol. The normalized spacial score (nSPS) is 28.1. The molecule has 1 aromatic rings. The summed E-state index contributed by atoms with van der Waals surface area (Å²) in [7, 11) is 1.52. The van der Waals surface area contributed by atoms with Crippen LogP contribution >= 0.6 is 0 Å². The third-order valence-electron chi connectivity index (χ3n) is 6.56. The second-order valence-electron chi connectivity index (χ2n) is 8.83. The highest BCUT2D eigenvalue weighted by atomic mass is 16.7. The molecule has 0 bridgehead atoms. The number of hydrogen-bond donors (Lipinski definition) is 2. The van der Waals surface area contributed by atoms with Crippen LogP contribution in [0.1, 0.15) is 49.4 Å². The molecule has 10 heteroatoms. The number of benzene rings is 1. The minimum absolute atomic E-state index is 0.0163. The van der Waals surface area contributed by atoms with Gasteiger partial charge in [-0.1, -0.05) is 18.2 Å². The van der Waals surface area contributed by atoms with Crippen molar-refractivity contribution in [2.75, 3.05) is 13.7 Å². The number of carbonyl (C=O) groups is 4. The number of ether oxygens (including phenoxy) is 3. The molecule has 0 aromatic heterocycles. The Morgan fingerprint density at radius 3 is 2.71 bits per heavy atom. The standard InChI is InChI=1S/C25H31N3O7/c1-3-34-25-19(14-21(29)35-25)27-23(31)20-12-11-16-8-4-5-10-18(24(32)28(16)20)26-22(30)15-7-6-9-17(13-15)33-2/h4-7,9,13,16,18-20,25H,3,8,10-12,14H2,1-2H3,(H,26,30)(H,27,31)/t16-,18+,19?,20+,25?/m1/s1. The van der Waals surface area contributed by atoms with Gasteiger partial charge in [-0.25, -0.2) is 0 Å². The molecule has 2 saturated heterocycles. The van der Waals surface area contributed by atoms with Crippen LogP contribution in [0.3, 0.4) is 0 Å². The molecule has 4 rings (SSSR count). The zero-order chi connectivity index (χ0) is 24.9. The average molecular weight is 486 g/mol. The van der Waals surface area contributed by atoms with Gasteiger partial charge in [0.05, 0.1) is 13.5 Å². The number of nitrogens with zero attached hydrogens (tertiary/aromatic N) is 1. The van der Waals surface area contributed by atoms with Gasteiger partial charge in [-0.15, -0.1) is 0 Å². The van der Waals surface area contributed by atoms with Crippen molar-refractivity contribution < 1.29 is 33.4 Å². The smallest absolute Gasteiger partial charge is 0.310 e. The first-order valence-electron chi connectivity index (χ1n) is 11.9. The Morgan fingerprint density at radius 1 is 1.14 bits per heavy atom. The van der Waals surface area contributed by atoms with Crippen molar-refractivity contribution in [2.24, 2.45) is 0 Å². The highest BCUT2D eigenvalue weighted by Gasteiger charge is 2.45. The summed E-state index contributed by atoms with van der Waals surface area (Å²) in [4.78, 5) is 53.1. The Labute approximate surface area is 204 Å². The summed E-state index contributed by atoms with van der Waals surface area (Å²) in [5, 5.41) is 5.67. The zero-order valence-electron chi connectivity index (χ0n) is 19.9. The van der Waals surface area contributed by atoms with Crippen LogP contribution in [0.25, 0.3) is 0 Å². The maximum atomic E-state index is 13.6. The lowest BCUT2D eigenvalue weighted by Crippen LogP contribution is -2.57. The highest BCUT2D eigenvalue weighted by Crippen LogP contribution is 2.30. The molecule has 2 N–H and O–H groups in total. The van der Waals surface area contributed by atoms with Crippen LogP contribution in [0.4, 0.5) is 0 Å². The maximum absolute atomic E-state index is 13.6. The van der Waals surface area contributed by atoms with Gasteiger partial charge in [0.2, 0.25) is 18.1 Å². The summed E-state index contributed by atoms with van der Waals surface area (Å²) in [5.41, 5.74) is 0.378. The van der Waals surface area contributed by atoms with Crippen molar-refractivity contribution in [3.63, 3.8) is 0 Å². The number of fused-ring (bicyclic) bond motifs is 1. The van der Waals surface area contributed by atoms with Gasteiger partial charge < -0.3 is 29.7 Å². The van der Waals surface area contributed by atoms with Gasteiger partial charge in [0.1, 0.15) is 23.9 Å². The minimum Gasteiger partial charge on any atom is -0.497 e. The fourth-order valence-electron chi connectivity index (χ4n) is 4.85. The van der Waals surface area contributed by atoms with Crippen molar-refractivity contribution in [3.05, 3.63) is 42.0 Å². The summed E-state index contributed by atoms with van der Waals surface area (Å²) in [6.07, 6.45) is 5.18. The monoisotopic (exact) mass is 485 g/mol. The molecule has 0 radical (unpaired) electrons. The Bertz CT molecular complexity index is 1010. The van der Waals surface area contributed by atoms with E-state index >= 15 is 0 Å². The number of nitrogens with one attached hydrogen (secondary N) is 2. The van der Waals surface area contributed by atoms with Crippen LogP contribution < -0.4 is 15.4 Å². The number of esters is 1. The molecule has 35 heavy (non-hydrogen) atoms. The van der Waals surface area contributed by atoms with Gasteiger partial charge in [-0.2, -0.15) is 0 Å². The lowest BCUT2D eigenvalue weighted by atomic mass is 10.0. The molecule has 3 amide bonds. The van der Waals surface area contributed by atoms with Crippen molar-refractivity contribution >= 4 is 23.7 Å². The Balaban J connectivity index is 1.48. The Morgan fingerprint density at radius 2 is 1.94 bits per heavy atom. The molecule has 3 aliphatic heterocycles. The van der Waals surface area contributed by atoms with E-state index in [1.165, 1.54) is 7.11 Å². The first-order valence-corrected chi connectivity index (χ1v) is 11.9. The van der Waals surface area contributed by atoms with Crippen LogP contribution in [0.2, 0.25) is 0 Å². The van der Waals surface area contributed by atoms with E-state index in [0.717, 1.165) is 0 Å². The summed E-state index contributed by atoms with van der Waals surface area (Å²) in [5.74, 6) is -0.942. The summed E-state index contributed by atoms with van der Waals surface area (Å²) in [6, 6.07) is 4.43. The maximum Gasteiger partial charge on any atom is 0.310 e. The van der Waals surface area contributed by atoms with Crippen molar-refractivity contribution in [1.82, 2.24) is 15.5 Å². The molecule has 0 spiro atoms. The molecule has 1 aromatic carbocycles.